The summed E-state index contributed by atoms with van der Waals surface area (Å²) in [6.07, 6.45) is 0.160. The number of Topliss-reactive ketones (excluding diaryl/α,β-unsaturated/α-hetero) is 1. The molecule has 1 atom stereocenters. The first-order valence-corrected chi connectivity index (χ1v) is 8.28. The number of amides is 1. The van der Waals surface area contributed by atoms with E-state index in [2.05, 4.69) is 4.98 Å². The molecule has 5 nitrogen and oxygen atoms in total. The normalized spacial score (nSPS) is 25.5. The zero-order chi connectivity index (χ0) is 19.3. The number of alkyl halides is 3. The van der Waals surface area contributed by atoms with E-state index in [9.17, 15) is 22.8 Å². The van der Waals surface area contributed by atoms with E-state index in [0.29, 0.717) is 32.1 Å². The van der Waals surface area contributed by atoms with Crippen LogP contribution < -0.4 is 5.73 Å². The van der Waals surface area contributed by atoms with Crippen LogP contribution in [0.2, 0.25) is 0 Å². The van der Waals surface area contributed by atoms with Crippen molar-refractivity contribution in [3.8, 4) is 0 Å². The fourth-order valence-corrected chi connectivity index (χ4v) is 4.02. The molecule has 3 rings (SSSR count). The second-order valence-corrected chi connectivity index (χ2v) is 7.79. The monoisotopic (exact) mass is 367 g/mol. The van der Waals surface area contributed by atoms with Crippen molar-refractivity contribution >= 4 is 11.7 Å². The van der Waals surface area contributed by atoms with Crippen molar-refractivity contribution in [2.24, 2.45) is 16.6 Å². The molecule has 0 bridgehead atoms. The Morgan fingerprint density at radius 2 is 2.00 bits per heavy atom. The van der Waals surface area contributed by atoms with E-state index in [4.69, 9.17) is 5.73 Å². The third-order valence-corrected chi connectivity index (χ3v) is 5.12. The Morgan fingerprint density at radius 3 is 2.62 bits per heavy atom. The average Bonchev–Trinajstić information content (AvgIpc) is 2.94. The average molecular weight is 367 g/mol. The van der Waals surface area contributed by atoms with Crippen molar-refractivity contribution in [3.63, 3.8) is 0 Å². The third-order valence-electron chi connectivity index (χ3n) is 5.12. The zero-order valence-electron chi connectivity index (χ0n) is 14.6. The van der Waals surface area contributed by atoms with Crippen LogP contribution in [0.5, 0.6) is 0 Å². The maximum Gasteiger partial charge on any atom is 0.417 e. The van der Waals surface area contributed by atoms with Gasteiger partial charge in [0, 0.05) is 36.3 Å². The standard InChI is InChI=1S/C18H20F3N3O2/c1-16(2)9-17(6-13(22)14(16)25)3-4-24(10-17)15(26)11-5-12(8-23-7-11)18(19,20)21/h5-8H,3-4,9-10,22H2,1-2H3/t17-/m0/s1. The first kappa shape index (κ1) is 18.4. The fraction of sp³-hybridized carbons (Fsp3) is 0.500. The van der Waals surface area contributed by atoms with E-state index >= 15 is 0 Å². The maximum absolute atomic E-state index is 12.8. The van der Waals surface area contributed by atoms with E-state index in [1.807, 2.05) is 13.8 Å². The highest BCUT2D eigenvalue weighted by Gasteiger charge is 2.48. The second kappa shape index (κ2) is 5.82. The number of hydrogen-bond donors (Lipinski definition) is 1. The van der Waals surface area contributed by atoms with Gasteiger partial charge in [0.25, 0.3) is 5.91 Å². The summed E-state index contributed by atoms with van der Waals surface area (Å²) >= 11 is 0. The maximum atomic E-state index is 12.8. The third kappa shape index (κ3) is 3.20. The fourth-order valence-electron chi connectivity index (χ4n) is 4.02. The molecule has 140 valence electrons. The molecule has 8 heteroatoms. The largest absolute Gasteiger partial charge is 0.417 e. The molecule has 0 unspecified atom stereocenters. The Hall–Kier alpha value is -2.38. The molecule has 1 aliphatic heterocycles. The van der Waals surface area contributed by atoms with Crippen LogP contribution in [0.4, 0.5) is 13.2 Å². The van der Waals surface area contributed by atoms with Gasteiger partial charge in [-0.15, -0.1) is 0 Å². The van der Waals surface area contributed by atoms with Crippen LogP contribution in [0.1, 0.15) is 42.6 Å². The molecule has 0 radical (unpaired) electrons. The summed E-state index contributed by atoms with van der Waals surface area (Å²) in [5.41, 5.74) is 3.97. The van der Waals surface area contributed by atoms with Crippen LogP contribution in [-0.4, -0.2) is 34.7 Å². The summed E-state index contributed by atoms with van der Waals surface area (Å²) in [5.74, 6) is -0.614. The number of halogens is 3. The summed E-state index contributed by atoms with van der Waals surface area (Å²) in [4.78, 5) is 29.9. The molecule has 2 N–H and O–H groups in total. The van der Waals surface area contributed by atoms with Gasteiger partial charge in [-0.25, -0.2) is 0 Å². The Balaban J connectivity index is 1.83. The summed E-state index contributed by atoms with van der Waals surface area (Å²) in [6, 6.07) is 0.818. The SMILES string of the molecule is CC1(C)C[C@@]2(C=C(N)C1=O)CCN(C(=O)c1cncc(C(F)(F)F)c1)C2. The highest BCUT2D eigenvalue weighted by Crippen LogP contribution is 2.47. The van der Waals surface area contributed by atoms with E-state index in [1.54, 1.807) is 6.08 Å². The Kier molecular flexibility index (Phi) is 4.12. The molecule has 2 heterocycles. The van der Waals surface area contributed by atoms with Crippen molar-refractivity contribution < 1.29 is 22.8 Å². The van der Waals surface area contributed by atoms with Gasteiger partial charge in [-0.3, -0.25) is 14.6 Å². The minimum atomic E-state index is -4.56. The summed E-state index contributed by atoms with van der Waals surface area (Å²) in [6.45, 7) is 4.35. The molecule has 1 spiro atoms. The van der Waals surface area contributed by atoms with Crippen molar-refractivity contribution in [3.05, 3.63) is 41.4 Å². The molecule has 1 saturated heterocycles. The van der Waals surface area contributed by atoms with Gasteiger partial charge in [0.1, 0.15) is 0 Å². The summed E-state index contributed by atoms with van der Waals surface area (Å²) < 4.78 is 38.5. The van der Waals surface area contributed by atoms with Crippen molar-refractivity contribution in [2.75, 3.05) is 13.1 Å². The summed E-state index contributed by atoms with van der Waals surface area (Å²) in [7, 11) is 0. The van der Waals surface area contributed by atoms with Crippen LogP contribution in [0.3, 0.4) is 0 Å². The predicted octanol–water partition coefficient (Wildman–Crippen LogP) is 2.77. The highest BCUT2D eigenvalue weighted by molar-refractivity contribution is 6.00. The van der Waals surface area contributed by atoms with Gasteiger partial charge in [-0.1, -0.05) is 13.8 Å². The Morgan fingerprint density at radius 1 is 1.31 bits per heavy atom. The molecule has 1 aliphatic carbocycles. The van der Waals surface area contributed by atoms with E-state index in [0.717, 1.165) is 12.3 Å². The number of rotatable bonds is 1. The van der Waals surface area contributed by atoms with Gasteiger partial charge < -0.3 is 10.6 Å². The van der Waals surface area contributed by atoms with Crippen molar-refractivity contribution in [2.45, 2.75) is 32.9 Å². The molecule has 1 amide bonds. The highest BCUT2D eigenvalue weighted by atomic mass is 19.4. The number of carbonyl (C=O) groups is 2. The van der Waals surface area contributed by atoms with Gasteiger partial charge in [0.15, 0.2) is 5.78 Å². The van der Waals surface area contributed by atoms with Gasteiger partial charge in [-0.05, 0) is 25.0 Å². The van der Waals surface area contributed by atoms with Crippen LogP contribution in [0, 0.1) is 10.8 Å². The second-order valence-electron chi connectivity index (χ2n) is 7.79. The van der Waals surface area contributed by atoms with Gasteiger partial charge in [0.05, 0.1) is 16.8 Å². The van der Waals surface area contributed by atoms with Gasteiger partial charge >= 0.3 is 6.18 Å². The number of aromatic nitrogens is 1. The quantitative estimate of drug-likeness (QED) is 0.828. The molecule has 2 aliphatic rings. The Bertz CT molecular complexity index is 801. The molecular weight excluding hydrogens is 347 g/mol. The topological polar surface area (TPSA) is 76.3 Å². The lowest BCUT2D eigenvalue weighted by atomic mass is 9.65. The molecule has 1 aromatic heterocycles. The molecule has 0 saturated carbocycles. The number of nitrogens with two attached hydrogens (primary N) is 1. The predicted molar refractivity (Wildman–Crippen MR) is 87.9 cm³/mol. The molecular formula is C18H20F3N3O2. The molecule has 1 fully saturated rings. The van der Waals surface area contributed by atoms with Crippen molar-refractivity contribution in [1.82, 2.24) is 9.88 Å². The number of nitrogens with zero attached hydrogens (tertiary/aromatic N) is 2. The summed E-state index contributed by atoms with van der Waals surface area (Å²) in [5, 5.41) is 0. The van der Waals surface area contributed by atoms with Crippen LogP contribution in [0.15, 0.2) is 30.2 Å². The zero-order valence-corrected chi connectivity index (χ0v) is 14.6. The van der Waals surface area contributed by atoms with Gasteiger partial charge in [0.2, 0.25) is 0 Å². The van der Waals surface area contributed by atoms with Crippen LogP contribution in [0.25, 0.3) is 0 Å². The number of likely N-dealkylation sites (tertiary alicyclic amines) is 1. The minimum Gasteiger partial charge on any atom is -0.396 e. The number of carbonyl (C=O) groups excluding carboxylic acids is 2. The van der Waals surface area contributed by atoms with E-state index in [1.165, 1.54) is 4.90 Å². The number of hydrogen-bond acceptors (Lipinski definition) is 4. The number of allylic oxidation sites excluding steroid dienone is 1. The number of pyridine rings is 1. The molecule has 0 aromatic carbocycles. The first-order valence-electron chi connectivity index (χ1n) is 8.28. The van der Waals surface area contributed by atoms with Gasteiger partial charge in [-0.2, -0.15) is 13.2 Å². The first-order chi connectivity index (χ1) is 11.9. The van der Waals surface area contributed by atoms with E-state index < -0.39 is 28.5 Å². The van der Waals surface area contributed by atoms with Crippen molar-refractivity contribution in [1.29, 1.82) is 0 Å². The van der Waals surface area contributed by atoms with E-state index in [-0.39, 0.29) is 17.0 Å². The van der Waals surface area contributed by atoms with Crippen LogP contribution >= 0.6 is 0 Å². The van der Waals surface area contributed by atoms with Crippen LogP contribution in [-0.2, 0) is 11.0 Å². The lowest BCUT2D eigenvalue weighted by molar-refractivity contribution is -0.137. The molecule has 26 heavy (non-hydrogen) atoms. The lowest BCUT2D eigenvalue weighted by Gasteiger charge is -2.39. The molecule has 1 aromatic rings. The lowest BCUT2D eigenvalue weighted by Crippen LogP contribution is -2.42. The smallest absolute Gasteiger partial charge is 0.396 e. The Labute approximate surface area is 149 Å². The number of ketones is 1. The minimum absolute atomic E-state index is 0.0972.